The fourth-order valence-electron chi connectivity index (χ4n) is 2.52. The van der Waals surface area contributed by atoms with E-state index in [4.69, 9.17) is 19.3 Å². The third-order valence-corrected chi connectivity index (χ3v) is 4.46. The number of aliphatic carboxylic acids is 1. The van der Waals surface area contributed by atoms with Crippen LogP contribution in [-0.4, -0.2) is 37.8 Å². The van der Waals surface area contributed by atoms with E-state index in [1.54, 1.807) is 18.2 Å². The van der Waals surface area contributed by atoms with E-state index in [0.717, 1.165) is 5.56 Å². The molecule has 8 nitrogen and oxygen atoms in total. The molecule has 1 amide bonds. The van der Waals surface area contributed by atoms with Crippen LogP contribution < -0.4 is 19.5 Å². The zero-order chi connectivity index (χ0) is 22.3. The number of halogens is 1. The first-order chi connectivity index (χ1) is 14.3. The summed E-state index contributed by atoms with van der Waals surface area (Å²) in [5, 5.41) is 20.9. The lowest BCUT2D eigenvalue weighted by Gasteiger charge is -2.13. The van der Waals surface area contributed by atoms with Gasteiger partial charge in [-0.2, -0.15) is 5.26 Å². The molecule has 0 bridgehead atoms. The predicted molar refractivity (Wildman–Crippen MR) is 114 cm³/mol. The highest BCUT2D eigenvalue weighted by molar-refractivity contribution is 9.10. The number of ether oxygens (including phenoxy) is 3. The van der Waals surface area contributed by atoms with E-state index in [1.165, 1.54) is 26.4 Å². The Labute approximate surface area is 181 Å². The molecule has 0 aliphatic carbocycles. The van der Waals surface area contributed by atoms with E-state index in [2.05, 4.69) is 21.2 Å². The third-order valence-electron chi connectivity index (χ3n) is 3.87. The van der Waals surface area contributed by atoms with E-state index < -0.39 is 18.5 Å². The number of carbonyl (C=O) groups excluding carboxylic acids is 1. The Kier molecular flexibility index (Phi) is 7.83. The number of benzene rings is 2. The smallest absolute Gasteiger partial charge is 0.341 e. The summed E-state index contributed by atoms with van der Waals surface area (Å²) in [7, 11) is 2.88. The molecule has 0 spiro atoms. The molecule has 2 aromatic carbocycles. The van der Waals surface area contributed by atoms with Crippen molar-refractivity contribution < 1.29 is 28.9 Å². The number of nitriles is 1. The van der Waals surface area contributed by atoms with E-state index in [1.807, 2.05) is 19.1 Å². The van der Waals surface area contributed by atoms with E-state index >= 15 is 0 Å². The molecule has 2 aromatic rings. The topological polar surface area (TPSA) is 118 Å². The number of hydrogen-bond acceptors (Lipinski definition) is 6. The molecule has 0 unspecified atom stereocenters. The Balaban J connectivity index is 2.34. The maximum Gasteiger partial charge on any atom is 0.341 e. The number of anilines is 1. The lowest BCUT2D eigenvalue weighted by molar-refractivity contribution is -0.139. The Morgan fingerprint density at radius 2 is 1.90 bits per heavy atom. The second kappa shape index (κ2) is 10.3. The van der Waals surface area contributed by atoms with Crippen LogP contribution in [0, 0.1) is 18.3 Å². The second-order valence-corrected chi connectivity index (χ2v) is 6.90. The highest BCUT2D eigenvalue weighted by atomic mass is 79.9. The second-order valence-electron chi connectivity index (χ2n) is 6.04. The third kappa shape index (κ3) is 5.75. The van der Waals surface area contributed by atoms with Gasteiger partial charge in [0.15, 0.2) is 18.1 Å². The monoisotopic (exact) mass is 474 g/mol. The molecule has 0 aliphatic rings. The van der Waals surface area contributed by atoms with Crippen molar-refractivity contribution in [1.29, 1.82) is 5.26 Å². The van der Waals surface area contributed by atoms with Gasteiger partial charge in [0.2, 0.25) is 0 Å². The summed E-state index contributed by atoms with van der Waals surface area (Å²) in [6.07, 6.45) is 1.38. The molecule has 30 heavy (non-hydrogen) atoms. The van der Waals surface area contributed by atoms with E-state index in [9.17, 15) is 14.9 Å². The number of rotatable bonds is 8. The summed E-state index contributed by atoms with van der Waals surface area (Å²) >= 11 is 3.29. The first-order valence-corrected chi connectivity index (χ1v) is 9.38. The van der Waals surface area contributed by atoms with Crippen LogP contribution in [0.4, 0.5) is 5.69 Å². The fourth-order valence-corrected chi connectivity index (χ4v) is 3.10. The van der Waals surface area contributed by atoms with Crippen molar-refractivity contribution in [3.8, 4) is 23.3 Å². The quantitative estimate of drug-likeness (QED) is 0.441. The number of nitrogens with zero attached hydrogens (tertiary/aromatic N) is 1. The standard InChI is InChI=1S/C21H19BrN2O6/c1-12-4-5-17(28-2)16(6-12)24-21(27)14(10-23)7-13-8-15(22)20(18(9-13)29-3)30-11-19(25)26/h4-9H,11H2,1-3H3,(H,24,27)(H,25,26)/b14-7+. The molecule has 0 heterocycles. The first kappa shape index (κ1) is 22.8. The first-order valence-electron chi connectivity index (χ1n) is 8.59. The number of aryl methyl sites for hydroxylation is 1. The number of methoxy groups -OCH3 is 2. The highest BCUT2D eigenvalue weighted by Crippen LogP contribution is 2.37. The van der Waals surface area contributed by atoms with Gasteiger partial charge < -0.3 is 24.6 Å². The van der Waals surface area contributed by atoms with Crippen molar-refractivity contribution in [2.24, 2.45) is 0 Å². The molecular weight excluding hydrogens is 456 g/mol. The molecule has 0 atom stereocenters. The molecule has 9 heteroatoms. The van der Waals surface area contributed by atoms with Crippen LogP contribution in [0.3, 0.4) is 0 Å². The van der Waals surface area contributed by atoms with Crippen molar-refractivity contribution in [1.82, 2.24) is 0 Å². The summed E-state index contributed by atoms with van der Waals surface area (Å²) < 4.78 is 16.1. The van der Waals surface area contributed by atoms with Crippen LogP contribution in [0.1, 0.15) is 11.1 Å². The minimum absolute atomic E-state index is 0.147. The van der Waals surface area contributed by atoms with Gasteiger partial charge in [-0.05, 0) is 64.3 Å². The Morgan fingerprint density at radius 3 is 2.50 bits per heavy atom. The summed E-state index contributed by atoms with van der Waals surface area (Å²) in [6, 6.07) is 10.3. The maximum atomic E-state index is 12.6. The zero-order valence-corrected chi connectivity index (χ0v) is 18.1. The molecule has 2 rings (SSSR count). The van der Waals surface area contributed by atoms with Crippen molar-refractivity contribution in [3.05, 3.63) is 51.5 Å². The number of carbonyl (C=O) groups is 2. The van der Waals surface area contributed by atoms with Gasteiger partial charge in [0.25, 0.3) is 5.91 Å². The highest BCUT2D eigenvalue weighted by Gasteiger charge is 2.16. The zero-order valence-electron chi connectivity index (χ0n) is 16.5. The van der Waals surface area contributed by atoms with Crippen LogP contribution in [-0.2, 0) is 9.59 Å². The minimum atomic E-state index is -1.14. The summed E-state index contributed by atoms with van der Waals surface area (Å²) in [5.74, 6) is -0.833. The van der Waals surface area contributed by atoms with Crippen molar-refractivity contribution >= 4 is 39.6 Å². The molecule has 0 aliphatic heterocycles. The molecule has 0 saturated carbocycles. The van der Waals surface area contributed by atoms with Crippen LogP contribution in [0.2, 0.25) is 0 Å². The molecule has 0 aromatic heterocycles. The number of carboxylic acids is 1. The van der Waals surface area contributed by atoms with Gasteiger partial charge in [0.1, 0.15) is 17.4 Å². The van der Waals surface area contributed by atoms with E-state index in [0.29, 0.717) is 21.5 Å². The lowest BCUT2D eigenvalue weighted by Crippen LogP contribution is -2.14. The van der Waals surface area contributed by atoms with Crippen LogP contribution in [0.5, 0.6) is 17.2 Å². The molecule has 0 saturated heterocycles. The molecule has 2 N–H and O–H groups in total. The van der Waals surface area contributed by atoms with Crippen molar-refractivity contribution in [2.75, 3.05) is 26.1 Å². The Morgan fingerprint density at radius 1 is 1.20 bits per heavy atom. The lowest BCUT2D eigenvalue weighted by atomic mass is 10.1. The number of nitrogens with one attached hydrogen (secondary N) is 1. The van der Waals surface area contributed by atoms with Gasteiger partial charge >= 0.3 is 5.97 Å². The fraction of sp³-hybridized carbons (Fsp3) is 0.190. The normalized spacial score (nSPS) is 10.7. The largest absolute Gasteiger partial charge is 0.495 e. The number of hydrogen-bond donors (Lipinski definition) is 2. The van der Waals surface area contributed by atoms with Crippen LogP contribution >= 0.6 is 15.9 Å². The van der Waals surface area contributed by atoms with Crippen LogP contribution in [0.25, 0.3) is 6.08 Å². The maximum absolute atomic E-state index is 12.6. The molecular formula is C21H19BrN2O6. The van der Waals surface area contributed by atoms with Gasteiger partial charge in [-0.15, -0.1) is 0 Å². The Hall–Kier alpha value is -3.51. The van der Waals surface area contributed by atoms with Gasteiger partial charge in [-0.3, -0.25) is 4.79 Å². The average molecular weight is 475 g/mol. The Bertz CT molecular complexity index is 1040. The van der Waals surface area contributed by atoms with Gasteiger partial charge in [0, 0.05) is 0 Å². The van der Waals surface area contributed by atoms with Gasteiger partial charge in [-0.25, -0.2) is 4.79 Å². The summed E-state index contributed by atoms with van der Waals surface area (Å²) in [6.45, 7) is 1.32. The molecule has 156 valence electrons. The number of carboxylic acid groups (broad SMARTS) is 1. The van der Waals surface area contributed by atoms with Crippen LogP contribution in [0.15, 0.2) is 40.4 Å². The molecule has 0 fully saturated rings. The van der Waals surface area contributed by atoms with Crippen molar-refractivity contribution in [2.45, 2.75) is 6.92 Å². The van der Waals surface area contributed by atoms with E-state index in [-0.39, 0.29) is 17.1 Å². The van der Waals surface area contributed by atoms with Crippen molar-refractivity contribution in [3.63, 3.8) is 0 Å². The predicted octanol–water partition coefficient (Wildman–Crippen LogP) is 3.78. The van der Waals surface area contributed by atoms with Gasteiger partial charge in [0.05, 0.1) is 24.4 Å². The average Bonchev–Trinajstić information content (AvgIpc) is 2.70. The summed E-state index contributed by atoms with van der Waals surface area (Å²) in [4.78, 5) is 23.4. The minimum Gasteiger partial charge on any atom is -0.495 e. The number of amides is 1. The SMILES string of the molecule is COc1ccc(C)cc1NC(=O)/C(C#N)=C/c1cc(Br)c(OCC(=O)O)c(OC)c1. The molecule has 0 radical (unpaired) electrons. The summed E-state index contributed by atoms with van der Waals surface area (Å²) in [5.41, 5.74) is 1.69. The van der Waals surface area contributed by atoms with Gasteiger partial charge in [-0.1, -0.05) is 6.07 Å².